The van der Waals surface area contributed by atoms with Gasteiger partial charge in [0.15, 0.2) is 0 Å². The second-order valence-corrected chi connectivity index (χ2v) is 5.35. The van der Waals surface area contributed by atoms with Crippen LogP contribution in [-0.4, -0.2) is 24.9 Å². The van der Waals surface area contributed by atoms with Crippen molar-refractivity contribution in [2.75, 3.05) is 13.1 Å². The maximum atomic E-state index is 11.4. The second-order valence-electron chi connectivity index (χ2n) is 4.23. The van der Waals surface area contributed by atoms with E-state index in [0.29, 0.717) is 11.0 Å². The first-order chi connectivity index (χ1) is 6.73. The van der Waals surface area contributed by atoms with Crippen LogP contribution in [0.1, 0.15) is 20.8 Å². The van der Waals surface area contributed by atoms with Gasteiger partial charge >= 0.3 is 0 Å². The van der Waals surface area contributed by atoms with Gasteiger partial charge in [-0.3, -0.25) is 9.59 Å². The molecule has 0 aliphatic rings. The first-order valence-corrected chi connectivity index (χ1v) is 5.41. The van der Waals surface area contributed by atoms with Gasteiger partial charge in [0.1, 0.15) is 0 Å². The highest BCUT2D eigenvalue weighted by atomic mass is 79.9. The summed E-state index contributed by atoms with van der Waals surface area (Å²) in [5.74, 6) is -0.372. The molecule has 0 spiro atoms. The van der Waals surface area contributed by atoms with Gasteiger partial charge in [-0.2, -0.15) is 0 Å². The van der Waals surface area contributed by atoms with Gasteiger partial charge in [-0.1, -0.05) is 43.3 Å². The first kappa shape index (κ1) is 14.2. The van der Waals surface area contributed by atoms with Gasteiger partial charge in [0.2, 0.25) is 11.8 Å². The van der Waals surface area contributed by atoms with Gasteiger partial charge in [0.05, 0.1) is 6.54 Å². The fourth-order valence-electron chi connectivity index (χ4n) is 0.683. The quantitative estimate of drug-likeness (QED) is 0.810. The van der Waals surface area contributed by atoms with Crippen LogP contribution < -0.4 is 10.6 Å². The molecule has 2 amide bonds. The van der Waals surface area contributed by atoms with E-state index in [-0.39, 0.29) is 18.4 Å². The molecule has 0 aliphatic heterocycles. The summed E-state index contributed by atoms with van der Waals surface area (Å²) in [5, 5.41) is 5.14. The standard InChI is InChI=1S/C10H17BrN2O2/c1-7(11)5-12-8(14)6-13-9(15)10(2,3)4/h1,5-6H2,2-4H3,(H,12,14)(H,13,15). The Hall–Kier alpha value is -0.840. The third kappa shape index (κ3) is 7.13. The smallest absolute Gasteiger partial charge is 0.239 e. The molecule has 0 bridgehead atoms. The third-order valence-corrected chi connectivity index (χ3v) is 1.85. The van der Waals surface area contributed by atoms with Gasteiger partial charge in [0, 0.05) is 16.4 Å². The minimum atomic E-state index is -0.473. The van der Waals surface area contributed by atoms with Crippen LogP contribution >= 0.6 is 15.9 Å². The molecule has 0 heterocycles. The molecule has 15 heavy (non-hydrogen) atoms. The molecule has 0 rings (SSSR count). The minimum absolute atomic E-state index is 0.00359. The largest absolute Gasteiger partial charge is 0.350 e. The molecule has 0 aromatic heterocycles. The highest BCUT2D eigenvalue weighted by molar-refractivity contribution is 9.11. The highest BCUT2D eigenvalue weighted by Crippen LogP contribution is 2.11. The average Bonchev–Trinajstić information content (AvgIpc) is 2.09. The lowest BCUT2D eigenvalue weighted by molar-refractivity contribution is -0.131. The van der Waals surface area contributed by atoms with Crippen LogP contribution in [0.4, 0.5) is 0 Å². The maximum Gasteiger partial charge on any atom is 0.239 e. The Morgan fingerprint density at radius 3 is 2.13 bits per heavy atom. The van der Waals surface area contributed by atoms with Gasteiger partial charge < -0.3 is 10.6 Å². The van der Waals surface area contributed by atoms with E-state index < -0.39 is 5.41 Å². The number of amides is 2. The van der Waals surface area contributed by atoms with E-state index in [1.165, 1.54) is 0 Å². The molecule has 0 atom stereocenters. The minimum Gasteiger partial charge on any atom is -0.350 e. The Morgan fingerprint density at radius 1 is 1.20 bits per heavy atom. The molecular formula is C10H17BrN2O2. The first-order valence-electron chi connectivity index (χ1n) is 4.61. The normalized spacial score (nSPS) is 10.7. The van der Waals surface area contributed by atoms with Gasteiger partial charge in [0.25, 0.3) is 0 Å². The van der Waals surface area contributed by atoms with E-state index in [1.807, 2.05) is 0 Å². The number of carbonyl (C=O) groups is 2. The van der Waals surface area contributed by atoms with E-state index >= 15 is 0 Å². The topological polar surface area (TPSA) is 58.2 Å². The lowest BCUT2D eigenvalue weighted by Gasteiger charge is -2.17. The van der Waals surface area contributed by atoms with Crippen molar-refractivity contribution in [3.8, 4) is 0 Å². The Kier molecular flexibility index (Phi) is 5.57. The van der Waals surface area contributed by atoms with Crippen molar-refractivity contribution in [2.24, 2.45) is 5.41 Å². The number of carbonyl (C=O) groups excluding carboxylic acids is 2. The van der Waals surface area contributed by atoms with Crippen molar-refractivity contribution in [1.29, 1.82) is 0 Å². The summed E-state index contributed by atoms with van der Waals surface area (Å²) >= 11 is 3.12. The van der Waals surface area contributed by atoms with Crippen LogP contribution in [0.15, 0.2) is 11.1 Å². The van der Waals surface area contributed by atoms with Crippen LogP contribution in [0, 0.1) is 5.41 Å². The molecular weight excluding hydrogens is 260 g/mol. The molecule has 0 fully saturated rings. The monoisotopic (exact) mass is 276 g/mol. The van der Waals surface area contributed by atoms with Gasteiger partial charge in [-0.25, -0.2) is 0 Å². The number of halogens is 1. The van der Waals surface area contributed by atoms with E-state index in [9.17, 15) is 9.59 Å². The number of nitrogens with one attached hydrogen (secondary N) is 2. The fourth-order valence-corrected chi connectivity index (χ4v) is 0.823. The van der Waals surface area contributed by atoms with E-state index in [2.05, 4.69) is 33.1 Å². The summed E-state index contributed by atoms with van der Waals surface area (Å²) in [6.07, 6.45) is 0. The van der Waals surface area contributed by atoms with E-state index in [1.54, 1.807) is 20.8 Å². The lowest BCUT2D eigenvalue weighted by atomic mass is 9.96. The summed E-state index contributed by atoms with van der Waals surface area (Å²) in [6, 6.07) is 0. The van der Waals surface area contributed by atoms with E-state index in [0.717, 1.165) is 0 Å². The van der Waals surface area contributed by atoms with Crippen molar-refractivity contribution in [3.05, 3.63) is 11.1 Å². The van der Waals surface area contributed by atoms with Crippen molar-refractivity contribution >= 4 is 27.7 Å². The Labute approximate surface area is 98.6 Å². The SMILES string of the molecule is C=C(Br)CNC(=O)CNC(=O)C(C)(C)C. The van der Waals surface area contributed by atoms with Crippen molar-refractivity contribution in [3.63, 3.8) is 0 Å². The summed E-state index contributed by atoms with van der Waals surface area (Å²) < 4.78 is 0.693. The summed E-state index contributed by atoms with van der Waals surface area (Å²) in [6.45, 7) is 9.31. The van der Waals surface area contributed by atoms with Gasteiger partial charge in [-0.05, 0) is 0 Å². The average molecular weight is 277 g/mol. The molecule has 5 heteroatoms. The molecule has 0 saturated carbocycles. The van der Waals surface area contributed by atoms with Crippen LogP contribution in [0.2, 0.25) is 0 Å². The zero-order valence-electron chi connectivity index (χ0n) is 9.32. The lowest BCUT2D eigenvalue weighted by Crippen LogP contribution is -2.41. The summed E-state index contributed by atoms with van der Waals surface area (Å²) in [4.78, 5) is 22.6. The van der Waals surface area contributed by atoms with Crippen molar-refractivity contribution in [2.45, 2.75) is 20.8 Å². The molecule has 0 radical (unpaired) electrons. The molecule has 0 aliphatic carbocycles. The summed E-state index contributed by atoms with van der Waals surface area (Å²) in [5.41, 5.74) is -0.473. The zero-order chi connectivity index (χ0) is 12.1. The number of hydrogen-bond acceptors (Lipinski definition) is 2. The molecule has 4 nitrogen and oxygen atoms in total. The fraction of sp³-hybridized carbons (Fsp3) is 0.600. The zero-order valence-corrected chi connectivity index (χ0v) is 10.9. The predicted octanol–water partition coefficient (Wildman–Crippen LogP) is 1.17. The van der Waals surface area contributed by atoms with E-state index in [4.69, 9.17) is 0 Å². The highest BCUT2D eigenvalue weighted by Gasteiger charge is 2.21. The van der Waals surface area contributed by atoms with Crippen LogP contribution in [-0.2, 0) is 9.59 Å². The molecule has 86 valence electrons. The van der Waals surface area contributed by atoms with Crippen LogP contribution in [0.5, 0.6) is 0 Å². The number of hydrogen-bond donors (Lipinski definition) is 2. The summed E-state index contributed by atoms with van der Waals surface area (Å²) in [7, 11) is 0. The Morgan fingerprint density at radius 2 is 1.73 bits per heavy atom. The molecule has 0 aromatic carbocycles. The Balaban J connectivity index is 3.82. The van der Waals surface area contributed by atoms with Crippen LogP contribution in [0.25, 0.3) is 0 Å². The van der Waals surface area contributed by atoms with Crippen molar-refractivity contribution in [1.82, 2.24) is 10.6 Å². The second kappa shape index (κ2) is 5.90. The van der Waals surface area contributed by atoms with Gasteiger partial charge in [-0.15, -0.1) is 0 Å². The molecule has 2 N–H and O–H groups in total. The maximum absolute atomic E-state index is 11.4. The molecule has 0 aromatic rings. The predicted molar refractivity (Wildman–Crippen MR) is 63.5 cm³/mol. The number of rotatable bonds is 4. The Bertz CT molecular complexity index is 269. The molecule has 0 unspecified atom stereocenters. The van der Waals surface area contributed by atoms with Crippen LogP contribution in [0.3, 0.4) is 0 Å². The molecule has 0 saturated heterocycles. The van der Waals surface area contributed by atoms with Crippen molar-refractivity contribution < 1.29 is 9.59 Å². The third-order valence-electron chi connectivity index (χ3n) is 1.57.